The Balaban J connectivity index is 2.96. The number of rotatable bonds is 1. The molecule has 0 aromatic carbocycles. The maximum Gasteiger partial charge on any atom is 0.259 e. The molecule has 5 nitrogen and oxygen atoms in total. The highest BCUT2D eigenvalue weighted by Gasteiger charge is 2.17. The molecule has 0 saturated carbocycles. The van der Waals surface area contributed by atoms with Gasteiger partial charge in [-0.2, -0.15) is 0 Å². The van der Waals surface area contributed by atoms with E-state index >= 15 is 0 Å². The van der Waals surface area contributed by atoms with Gasteiger partial charge in [0.15, 0.2) is 9.84 Å². The van der Waals surface area contributed by atoms with Gasteiger partial charge in [0, 0.05) is 12.5 Å². The Morgan fingerprint density at radius 2 is 2.14 bits per heavy atom. The van der Waals surface area contributed by atoms with Gasteiger partial charge in [-0.1, -0.05) is 5.16 Å². The minimum absolute atomic E-state index is 0.209. The number of hydrogen-bond donors (Lipinski definition) is 0. The zero-order valence-corrected chi connectivity index (χ0v) is 8.50. The van der Waals surface area contributed by atoms with Crippen molar-refractivity contribution in [3.63, 3.8) is 0 Å². The van der Waals surface area contributed by atoms with E-state index in [9.17, 15) is 8.42 Å². The second-order valence-corrected chi connectivity index (χ2v) is 5.01. The molecular weight excluding hydrogens is 204 g/mol. The fourth-order valence-corrected chi connectivity index (χ4v) is 2.21. The molecule has 0 radical (unpaired) electrons. The van der Waals surface area contributed by atoms with E-state index in [0.717, 1.165) is 6.26 Å². The van der Waals surface area contributed by atoms with Crippen LogP contribution < -0.4 is 0 Å². The van der Waals surface area contributed by atoms with Crippen LogP contribution in [0.1, 0.15) is 5.69 Å². The van der Waals surface area contributed by atoms with Crippen molar-refractivity contribution < 1.29 is 12.9 Å². The maximum atomic E-state index is 11.4. The summed E-state index contributed by atoms with van der Waals surface area (Å²) < 4.78 is 27.7. The third-order valence-electron chi connectivity index (χ3n) is 1.91. The molecule has 6 heteroatoms. The molecule has 2 aromatic rings. The van der Waals surface area contributed by atoms with Gasteiger partial charge in [-0.15, -0.1) is 0 Å². The number of aryl methyl sites for hydroxylation is 1. The lowest BCUT2D eigenvalue weighted by Gasteiger charge is -1.97. The van der Waals surface area contributed by atoms with E-state index in [2.05, 4.69) is 10.1 Å². The molecule has 14 heavy (non-hydrogen) atoms. The Hall–Kier alpha value is -1.43. The fraction of sp³-hybridized carbons (Fsp3) is 0.250. The van der Waals surface area contributed by atoms with Crippen LogP contribution in [0.15, 0.2) is 21.7 Å². The van der Waals surface area contributed by atoms with E-state index < -0.39 is 9.84 Å². The monoisotopic (exact) mass is 212 g/mol. The van der Waals surface area contributed by atoms with Gasteiger partial charge < -0.3 is 4.52 Å². The first-order valence-electron chi connectivity index (χ1n) is 3.91. The summed E-state index contributed by atoms with van der Waals surface area (Å²) in [7, 11) is -3.26. The Kier molecular flexibility index (Phi) is 1.81. The fourth-order valence-electron chi connectivity index (χ4n) is 1.29. The number of sulfone groups is 1. The van der Waals surface area contributed by atoms with Gasteiger partial charge in [-0.25, -0.2) is 13.4 Å². The van der Waals surface area contributed by atoms with Crippen molar-refractivity contribution >= 4 is 20.9 Å². The summed E-state index contributed by atoms with van der Waals surface area (Å²) in [6, 6.07) is 1.45. The van der Waals surface area contributed by atoms with Gasteiger partial charge in [-0.05, 0) is 13.0 Å². The second kappa shape index (κ2) is 2.78. The predicted molar refractivity (Wildman–Crippen MR) is 49.7 cm³/mol. The van der Waals surface area contributed by atoms with Crippen molar-refractivity contribution in [2.75, 3.05) is 6.26 Å². The topological polar surface area (TPSA) is 73.1 Å². The highest BCUT2D eigenvalue weighted by Crippen LogP contribution is 2.23. The van der Waals surface area contributed by atoms with Gasteiger partial charge in [-0.3, -0.25) is 0 Å². The number of hydrogen-bond acceptors (Lipinski definition) is 5. The zero-order valence-electron chi connectivity index (χ0n) is 7.68. The van der Waals surface area contributed by atoms with Crippen molar-refractivity contribution in [2.45, 2.75) is 11.8 Å². The normalized spacial score (nSPS) is 12.1. The Morgan fingerprint density at radius 3 is 2.79 bits per heavy atom. The first kappa shape index (κ1) is 9.14. The van der Waals surface area contributed by atoms with Crippen molar-refractivity contribution in [3.05, 3.63) is 18.0 Å². The molecule has 0 amide bonds. The van der Waals surface area contributed by atoms with Gasteiger partial charge in [0.1, 0.15) is 0 Å². The Morgan fingerprint density at radius 1 is 1.43 bits per heavy atom. The van der Waals surface area contributed by atoms with Crippen molar-refractivity contribution in [1.29, 1.82) is 0 Å². The van der Waals surface area contributed by atoms with Crippen molar-refractivity contribution in [2.24, 2.45) is 0 Å². The van der Waals surface area contributed by atoms with Crippen LogP contribution in [0, 0.1) is 6.92 Å². The van der Waals surface area contributed by atoms with Gasteiger partial charge in [0.2, 0.25) is 0 Å². The van der Waals surface area contributed by atoms with E-state index in [0.29, 0.717) is 11.1 Å². The number of aromatic nitrogens is 2. The minimum atomic E-state index is -3.26. The molecule has 74 valence electrons. The molecule has 2 rings (SSSR count). The molecule has 0 unspecified atom stereocenters. The lowest BCUT2D eigenvalue weighted by molar-refractivity contribution is 0.443. The molecule has 0 bridgehead atoms. The van der Waals surface area contributed by atoms with Crippen LogP contribution in [0.4, 0.5) is 0 Å². The van der Waals surface area contributed by atoms with E-state index in [1.807, 2.05) is 0 Å². The number of nitrogens with zero attached hydrogens (tertiary/aromatic N) is 2. The average molecular weight is 212 g/mol. The molecule has 0 aliphatic carbocycles. The highest BCUT2D eigenvalue weighted by atomic mass is 32.2. The summed E-state index contributed by atoms with van der Waals surface area (Å²) in [6.45, 7) is 1.68. The molecule has 2 heterocycles. The molecule has 0 saturated heterocycles. The van der Waals surface area contributed by atoms with Crippen LogP contribution in [0.2, 0.25) is 0 Å². The SMILES string of the molecule is Cc1noc2nccc(S(C)(=O)=O)c12. The van der Waals surface area contributed by atoms with Crippen LogP contribution in [0.5, 0.6) is 0 Å². The lowest BCUT2D eigenvalue weighted by Crippen LogP contribution is -1.98. The van der Waals surface area contributed by atoms with Crippen LogP contribution in [-0.2, 0) is 9.84 Å². The third-order valence-corrected chi connectivity index (χ3v) is 3.05. The molecule has 0 aliphatic heterocycles. The average Bonchev–Trinajstić information content (AvgIpc) is 2.46. The van der Waals surface area contributed by atoms with Crippen LogP contribution >= 0.6 is 0 Å². The van der Waals surface area contributed by atoms with Crippen molar-refractivity contribution in [1.82, 2.24) is 10.1 Å². The lowest BCUT2D eigenvalue weighted by atomic mass is 10.3. The van der Waals surface area contributed by atoms with Crippen LogP contribution in [0.25, 0.3) is 11.1 Å². The first-order valence-corrected chi connectivity index (χ1v) is 5.80. The van der Waals surface area contributed by atoms with Gasteiger partial charge in [0.25, 0.3) is 5.71 Å². The Bertz CT molecular complexity index is 586. The van der Waals surface area contributed by atoms with Gasteiger partial charge >= 0.3 is 0 Å². The summed E-state index contributed by atoms with van der Waals surface area (Å²) in [6.07, 6.45) is 2.54. The summed E-state index contributed by atoms with van der Waals surface area (Å²) in [5.41, 5.74) is 0.791. The minimum Gasteiger partial charge on any atom is -0.336 e. The third kappa shape index (κ3) is 1.27. The van der Waals surface area contributed by atoms with Crippen LogP contribution in [0.3, 0.4) is 0 Å². The van der Waals surface area contributed by atoms with Gasteiger partial charge in [0.05, 0.1) is 16.0 Å². The summed E-state index contributed by atoms with van der Waals surface area (Å²) in [4.78, 5) is 4.09. The maximum absolute atomic E-state index is 11.4. The molecular formula is C8H8N2O3S. The van der Waals surface area contributed by atoms with Crippen LogP contribution in [-0.4, -0.2) is 24.8 Å². The molecule has 2 aromatic heterocycles. The second-order valence-electron chi connectivity index (χ2n) is 3.03. The quantitative estimate of drug-likeness (QED) is 0.703. The molecule has 0 aliphatic rings. The first-order chi connectivity index (χ1) is 6.50. The van der Waals surface area contributed by atoms with E-state index in [1.54, 1.807) is 6.92 Å². The van der Waals surface area contributed by atoms with Crippen molar-refractivity contribution in [3.8, 4) is 0 Å². The summed E-state index contributed by atoms with van der Waals surface area (Å²) in [5, 5.41) is 4.14. The molecule has 0 atom stereocenters. The molecule has 0 spiro atoms. The molecule has 0 N–H and O–H groups in total. The summed E-state index contributed by atoms with van der Waals surface area (Å²) >= 11 is 0. The largest absolute Gasteiger partial charge is 0.336 e. The number of pyridine rings is 1. The van der Waals surface area contributed by atoms with E-state index in [-0.39, 0.29) is 10.6 Å². The van der Waals surface area contributed by atoms with E-state index in [4.69, 9.17) is 4.52 Å². The standard InChI is InChI=1S/C8H8N2O3S/c1-5-7-6(14(2,11)12)3-4-9-8(7)13-10-5/h3-4H,1-2H3. The molecule has 0 fully saturated rings. The number of fused-ring (bicyclic) bond motifs is 1. The zero-order chi connectivity index (χ0) is 10.3. The highest BCUT2D eigenvalue weighted by molar-refractivity contribution is 7.91. The smallest absolute Gasteiger partial charge is 0.259 e. The predicted octanol–water partition coefficient (Wildman–Crippen LogP) is 0.935. The van der Waals surface area contributed by atoms with E-state index in [1.165, 1.54) is 12.3 Å². The Labute approximate surface area is 80.7 Å². The summed E-state index contributed by atoms with van der Waals surface area (Å²) in [5.74, 6) is 0.